The molecule has 0 saturated heterocycles. The van der Waals surface area contributed by atoms with E-state index >= 15 is 0 Å². The van der Waals surface area contributed by atoms with Gasteiger partial charge in [0.25, 0.3) is 0 Å². The van der Waals surface area contributed by atoms with Gasteiger partial charge in [-0.3, -0.25) is 0 Å². The van der Waals surface area contributed by atoms with Crippen LogP contribution in [0.4, 0.5) is 0 Å². The Balaban J connectivity index is 2.54. The lowest BCUT2D eigenvalue weighted by Gasteiger charge is -2.27. The number of benzene rings is 1. The van der Waals surface area contributed by atoms with Crippen LogP contribution in [-0.4, -0.2) is 56.2 Å². The molecule has 0 aliphatic heterocycles. The lowest BCUT2D eigenvalue weighted by atomic mass is 10.1. The van der Waals surface area contributed by atoms with Gasteiger partial charge in [-0.2, -0.15) is 0 Å². The number of likely N-dealkylation sites (N-methyl/N-ethyl adjacent to an activating group) is 1. The molecule has 0 amide bonds. The molecule has 20 heavy (non-hydrogen) atoms. The summed E-state index contributed by atoms with van der Waals surface area (Å²) in [5.41, 5.74) is 0.424. The third kappa shape index (κ3) is 5.71. The number of nitrogens with one attached hydrogen (secondary N) is 1. The maximum atomic E-state index is 10.2. The summed E-state index contributed by atoms with van der Waals surface area (Å²) in [5.74, 6) is 0.900. The van der Waals surface area contributed by atoms with Gasteiger partial charge in [-0.25, -0.2) is 0 Å². The molecule has 0 fully saturated rings. The zero-order chi connectivity index (χ0) is 15.2. The molecule has 114 valence electrons. The van der Waals surface area contributed by atoms with Crippen LogP contribution >= 0.6 is 11.8 Å². The summed E-state index contributed by atoms with van der Waals surface area (Å²) in [4.78, 5) is 3.12. The quantitative estimate of drug-likeness (QED) is 0.717. The number of hydrogen-bond acceptors (Lipinski definition) is 5. The molecule has 0 aliphatic rings. The van der Waals surface area contributed by atoms with Gasteiger partial charge >= 0.3 is 0 Å². The molecule has 4 nitrogen and oxygen atoms in total. The van der Waals surface area contributed by atoms with Crippen molar-refractivity contribution in [3.05, 3.63) is 23.8 Å². The van der Waals surface area contributed by atoms with Crippen molar-refractivity contribution in [3.63, 3.8) is 0 Å². The van der Waals surface area contributed by atoms with Crippen molar-refractivity contribution in [1.29, 1.82) is 0 Å². The molecule has 0 spiro atoms. The Bertz CT molecular complexity index is 422. The molecule has 1 unspecified atom stereocenters. The fraction of sp³-hybridized carbons (Fsp3) is 0.600. The first-order valence-corrected chi connectivity index (χ1v) is 7.89. The largest absolute Gasteiger partial charge is 0.496 e. The van der Waals surface area contributed by atoms with Gasteiger partial charge in [0, 0.05) is 24.5 Å². The molecule has 1 rings (SSSR count). The predicted molar refractivity (Wildman–Crippen MR) is 85.7 cm³/mol. The molecular formula is C15H26N2O2S. The van der Waals surface area contributed by atoms with E-state index in [1.54, 1.807) is 18.9 Å². The van der Waals surface area contributed by atoms with Gasteiger partial charge in [-0.05, 0) is 45.0 Å². The highest BCUT2D eigenvalue weighted by atomic mass is 32.2. The molecule has 0 aliphatic carbocycles. The van der Waals surface area contributed by atoms with Crippen LogP contribution < -0.4 is 10.1 Å². The second-order valence-corrected chi connectivity index (χ2v) is 6.38. The SMILES string of the molecule is COc1cc(CNCC(C)(O)CN(C)C)ccc1SC. The Labute approximate surface area is 126 Å². The standard InChI is InChI=1S/C15H26N2O2S/c1-15(18,11-17(2)3)10-16-9-12-6-7-14(20-5)13(8-12)19-4/h6-8,16,18H,9-11H2,1-5H3. The fourth-order valence-electron chi connectivity index (χ4n) is 2.20. The van der Waals surface area contributed by atoms with E-state index in [0.717, 1.165) is 16.2 Å². The lowest BCUT2D eigenvalue weighted by molar-refractivity contribution is 0.0336. The third-order valence-electron chi connectivity index (χ3n) is 2.94. The number of ether oxygens (including phenoxy) is 1. The zero-order valence-corrected chi connectivity index (χ0v) is 13.9. The Morgan fingerprint density at radius 1 is 1.40 bits per heavy atom. The van der Waals surface area contributed by atoms with Crippen LogP contribution in [-0.2, 0) is 6.54 Å². The van der Waals surface area contributed by atoms with Crippen molar-refractivity contribution >= 4 is 11.8 Å². The van der Waals surface area contributed by atoms with Gasteiger partial charge in [0.1, 0.15) is 5.75 Å². The Kier molecular flexibility index (Phi) is 6.82. The second-order valence-electron chi connectivity index (χ2n) is 5.53. The van der Waals surface area contributed by atoms with Gasteiger partial charge < -0.3 is 20.1 Å². The Morgan fingerprint density at radius 2 is 2.10 bits per heavy atom. The molecule has 2 N–H and O–H groups in total. The lowest BCUT2D eigenvalue weighted by Crippen LogP contribution is -2.45. The Morgan fingerprint density at radius 3 is 2.65 bits per heavy atom. The number of aliphatic hydroxyl groups is 1. The molecule has 0 saturated carbocycles. The van der Waals surface area contributed by atoms with E-state index in [0.29, 0.717) is 19.6 Å². The number of thioether (sulfide) groups is 1. The monoisotopic (exact) mass is 298 g/mol. The van der Waals surface area contributed by atoms with Gasteiger partial charge in [0.2, 0.25) is 0 Å². The average Bonchev–Trinajstić information content (AvgIpc) is 2.36. The van der Waals surface area contributed by atoms with Crippen LogP contribution in [0.1, 0.15) is 12.5 Å². The van der Waals surface area contributed by atoms with Crippen LogP contribution in [0.25, 0.3) is 0 Å². The normalized spacial score (nSPS) is 14.3. The first kappa shape index (κ1) is 17.3. The van der Waals surface area contributed by atoms with Crippen molar-refractivity contribution in [2.75, 3.05) is 40.6 Å². The maximum Gasteiger partial charge on any atom is 0.132 e. The molecule has 0 bridgehead atoms. The molecule has 5 heteroatoms. The third-order valence-corrected chi connectivity index (χ3v) is 3.72. The summed E-state index contributed by atoms with van der Waals surface area (Å²) in [6.45, 7) is 3.75. The smallest absolute Gasteiger partial charge is 0.132 e. The molecule has 0 heterocycles. The molecule has 0 aromatic heterocycles. The number of hydrogen-bond donors (Lipinski definition) is 2. The topological polar surface area (TPSA) is 44.7 Å². The number of nitrogens with zero attached hydrogens (tertiary/aromatic N) is 1. The van der Waals surface area contributed by atoms with Crippen molar-refractivity contribution < 1.29 is 9.84 Å². The minimum absolute atomic E-state index is 0.553. The molecule has 1 atom stereocenters. The summed E-state index contributed by atoms with van der Waals surface area (Å²) in [5, 5.41) is 13.5. The molecular weight excluding hydrogens is 272 g/mol. The summed E-state index contributed by atoms with van der Waals surface area (Å²) >= 11 is 1.67. The van der Waals surface area contributed by atoms with Crippen molar-refractivity contribution in [1.82, 2.24) is 10.2 Å². The van der Waals surface area contributed by atoms with E-state index in [4.69, 9.17) is 4.74 Å². The fourth-order valence-corrected chi connectivity index (χ4v) is 2.75. The van der Waals surface area contributed by atoms with Crippen molar-refractivity contribution in [2.24, 2.45) is 0 Å². The van der Waals surface area contributed by atoms with E-state index in [1.165, 1.54) is 0 Å². The Hall–Kier alpha value is -0.750. The summed E-state index contributed by atoms with van der Waals surface area (Å²) in [6.07, 6.45) is 2.04. The van der Waals surface area contributed by atoms with E-state index in [2.05, 4.69) is 17.4 Å². The van der Waals surface area contributed by atoms with Crippen LogP contribution in [0.3, 0.4) is 0 Å². The van der Waals surface area contributed by atoms with Gasteiger partial charge in [-0.1, -0.05) is 6.07 Å². The molecule has 1 aromatic rings. The van der Waals surface area contributed by atoms with Crippen LogP contribution in [0.5, 0.6) is 5.75 Å². The first-order chi connectivity index (χ1) is 9.38. The van der Waals surface area contributed by atoms with E-state index in [9.17, 15) is 5.11 Å². The van der Waals surface area contributed by atoms with Gasteiger partial charge in [-0.15, -0.1) is 11.8 Å². The summed E-state index contributed by atoms with van der Waals surface area (Å²) < 4.78 is 5.37. The highest BCUT2D eigenvalue weighted by molar-refractivity contribution is 7.98. The number of methoxy groups -OCH3 is 1. The zero-order valence-electron chi connectivity index (χ0n) is 13.1. The van der Waals surface area contributed by atoms with Crippen molar-refractivity contribution in [2.45, 2.75) is 24.0 Å². The maximum absolute atomic E-state index is 10.2. The van der Waals surface area contributed by atoms with Crippen molar-refractivity contribution in [3.8, 4) is 5.75 Å². The second kappa shape index (κ2) is 7.88. The van der Waals surface area contributed by atoms with Crippen LogP contribution in [0, 0.1) is 0 Å². The molecule has 0 radical (unpaired) electrons. The summed E-state index contributed by atoms with van der Waals surface area (Å²) in [6, 6.07) is 6.19. The van der Waals surface area contributed by atoms with E-state index < -0.39 is 5.60 Å². The van der Waals surface area contributed by atoms with Gasteiger partial charge in [0.05, 0.1) is 12.7 Å². The van der Waals surface area contributed by atoms with Crippen LogP contribution in [0.15, 0.2) is 23.1 Å². The van der Waals surface area contributed by atoms with Crippen LogP contribution in [0.2, 0.25) is 0 Å². The highest BCUT2D eigenvalue weighted by Gasteiger charge is 2.20. The van der Waals surface area contributed by atoms with E-state index in [-0.39, 0.29) is 0 Å². The van der Waals surface area contributed by atoms with E-state index in [1.807, 2.05) is 38.2 Å². The molecule has 1 aromatic carbocycles. The first-order valence-electron chi connectivity index (χ1n) is 6.66. The highest BCUT2D eigenvalue weighted by Crippen LogP contribution is 2.28. The minimum Gasteiger partial charge on any atom is -0.496 e. The number of rotatable bonds is 8. The van der Waals surface area contributed by atoms with Gasteiger partial charge in [0.15, 0.2) is 0 Å². The predicted octanol–water partition coefficient (Wildman–Crippen LogP) is 1.82. The minimum atomic E-state index is -0.729. The summed E-state index contributed by atoms with van der Waals surface area (Å²) in [7, 11) is 5.61. The average molecular weight is 298 g/mol.